The number of nitrogens with zero attached hydrogens (tertiary/aromatic N) is 2. The third kappa shape index (κ3) is 7.81. The number of aromatic nitrogens is 2. The molecule has 0 aliphatic carbocycles. The van der Waals surface area contributed by atoms with Crippen molar-refractivity contribution in [1.82, 2.24) is 9.55 Å². The van der Waals surface area contributed by atoms with Crippen molar-refractivity contribution in [2.75, 3.05) is 0 Å². The van der Waals surface area contributed by atoms with Crippen molar-refractivity contribution in [1.29, 1.82) is 0 Å². The van der Waals surface area contributed by atoms with E-state index >= 15 is 0 Å². The first-order chi connectivity index (χ1) is 19.1. The first-order valence-corrected chi connectivity index (χ1v) is 12.5. The van der Waals surface area contributed by atoms with Gasteiger partial charge in [-0.3, -0.25) is 9.78 Å². The number of para-hydroxylation sites is 1. The molecule has 2 aromatic heterocycles. The van der Waals surface area contributed by atoms with Gasteiger partial charge in [0.2, 0.25) is 0 Å². The van der Waals surface area contributed by atoms with Crippen LogP contribution in [-0.4, -0.2) is 49.0 Å². The van der Waals surface area contributed by atoms with E-state index in [4.69, 9.17) is 5.11 Å². The number of carbonyl (C=O) groups excluding carboxylic acids is 1. The van der Waals surface area contributed by atoms with Crippen molar-refractivity contribution in [2.24, 2.45) is 0 Å². The normalized spacial score (nSPS) is 12.7. The fraction of sp³-hybridized carbons (Fsp3) is 0.233. The van der Waals surface area contributed by atoms with Gasteiger partial charge in [-0.2, -0.15) is 0 Å². The van der Waals surface area contributed by atoms with Crippen LogP contribution in [-0.2, 0) is 9.74 Å². The van der Waals surface area contributed by atoms with Crippen molar-refractivity contribution < 1.29 is 38.8 Å². The summed E-state index contributed by atoms with van der Waals surface area (Å²) >= 11 is 0. The Morgan fingerprint density at radius 2 is 1.75 bits per heavy atom. The van der Waals surface area contributed by atoms with Gasteiger partial charge in [0.15, 0.2) is 0 Å². The maximum absolute atomic E-state index is 13.5. The van der Waals surface area contributed by atoms with Crippen molar-refractivity contribution in [3.05, 3.63) is 96.2 Å². The highest BCUT2D eigenvalue weighted by molar-refractivity contribution is 6.01. The zero-order valence-corrected chi connectivity index (χ0v) is 21.9. The van der Waals surface area contributed by atoms with E-state index in [1.165, 1.54) is 36.7 Å². The summed E-state index contributed by atoms with van der Waals surface area (Å²) in [7, 11) is 0. The standard InChI is InChI=1S/C24H26FNO4.C6H4FNO2/c1-15(2)26-21-6-4-3-5-20(21)24(16-7-9-17(25)10-8-16)22(26)12-11-18(27)13-19(28)14-23(29)30;7-10-6(9)5-2-1-3-8-4-5/h3-12,15,18-19,27-28H,13-14H2,1-2H3,(H,29,30);1-4H/b12-11+;. The van der Waals surface area contributed by atoms with Crippen molar-refractivity contribution in [3.8, 4) is 11.1 Å². The van der Waals surface area contributed by atoms with Gasteiger partial charge in [-0.05, 0) is 55.8 Å². The Kier molecular flexibility index (Phi) is 10.6. The highest BCUT2D eigenvalue weighted by Crippen LogP contribution is 2.38. The van der Waals surface area contributed by atoms with Gasteiger partial charge >= 0.3 is 11.9 Å². The second kappa shape index (κ2) is 14.1. The van der Waals surface area contributed by atoms with Crippen LogP contribution in [0.1, 0.15) is 48.8 Å². The molecule has 0 bridgehead atoms. The highest BCUT2D eigenvalue weighted by atomic mass is 19.3. The SMILES string of the molecule is CC(C)n1c(/C=C/C(O)CC(O)CC(=O)O)c(-c2ccc(F)cc2)c2ccccc21.O=C(OF)c1cccnc1. The van der Waals surface area contributed by atoms with Gasteiger partial charge < -0.3 is 19.9 Å². The summed E-state index contributed by atoms with van der Waals surface area (Å²) in [5, 5.41) is 29.9. The van der Waals surface area contributed by atoms with Crippen LogP contribution in [0.2, 0.25) is 0 Å². The topological polar surface area (TPSA) is 122 Å². The summed E-state index contributed by atoms with van der Waals surface area (Å²) in [5.74, 6) is -2.45. The molecule has 2 aromatic carbocycles. The molecular formula is C30H30F2N2O6. The van der Waals surface area contributed by atoms with Crippen molar-refractivity contribution in [3.63, 3.8) is 0 Å². The minimum atomic E-state index is -1.13. The second-order valence-electron chi connectivity index (χ2n) is 9.27. The van der Waals surface area contributed by atoms with Gasteiger partial charge in [-0.25, -0.2) is 14.1 Å². The summed E-state index contributed by atoms with van der Waals surface area (Å²) in [6, 6.07) is 17.3. The van der Waals surface area contributed by atoms with Gasteiger partial charge in [-0.1, -0.05) is 36.4 Å². The van der Waals surface area contributed by atoms with E-state index in [1.54, 1.807) is 24.3 Å². The first-order valence-electron chi connectivity index (χ1n) is 12.5. The summed E-state index contributed by atoms with van der Waals surface area (Å²) in [4.78, 5) is 27.6. The number of carboxylic acids is 1. The third-order valence-corrected chi connectivity index (χ3v) is 5.97. The quantitative estimate of drug-likeness (QED) is 0.242. The molecule has 210 valence electrons. The number of pyridine rings is 1. The van der Waals surface area contributed by atoms with E-state index in [9.17, 15) is 28.7 Å². The Bertz CT molecular complexity index is 1450. The zero-order chi connectivity index (χ0) is 29.2. The smallest absolute Gasteiger partial charge is 0.381 e. The molecule has 0 spiro atoms. The van der Waals surface area contributed by atoms with Crippen LogP contribution in [0.15, 0.2) is 79.1 Å². The maximum Gasteiger partial charge on any atom is 0.381 e. The Balaban J connectivity index is 0.000000371. The summed E-state index contributed by atoms with van der Waals surface area (Å²) in [6.45, 7) is 4.12. The molecule has 2 unspecified atom stereocenters. The Labute approximate surface area is 229 Å². The van der Waals surface area contributed by atoms with Crippen molar-refractivity contribution in [2.45, 2.75) is 44.9 Å². The minimum absolute atomic E-state index is 0.0728. The van der Waals surface area contributed by atoms with E-state index in [0.717, 1.165) is 27.7 Å². The predicted octanol–water partition coefficient (Wildman–Crippen LogP) is 5.75. The Morgan fingerprint density at radius 1 is 1.05 bits per heavy atom. The highest BCUT2D eigenvalue weighted by Gasteiger charge is 2.19. The molecule has 0 saturated carbocycles. The number of fused-ring (bicyclic) bond motifs is 1. The lowest BCUT2D eigenvalue weighted by molar-refractivity contribution is -0.139. The average molecular weight is 553 g/mol. The van der Waals surface area contributed by atoms with Crippen LogP contribution < -0.4 is 0 Å². The van der Waals surface area contributed by atoms with Crippen LogP contribution in [0.5, 0.6) is 0 Å². The van der Waals surface area contributed by atoms with E-state index in [2.05, 4.69) is 28.3 Å². The maximum atomic E-state index is 13.5. The third-order valence-electron chi connectivity index (χ3n) is 5.97. The van der Waals surface area contributed by atoms with Crippen LogP contribution in [0, 0.1) is 5.82 Å². The van der Waals surface area contributed by atoms with E-state index in [0.29, 0.717) is 0 Å². The molecule has 4 rings (SSSR count). The molecule has 0 saturated heterocycles. The van der Waals surface area contributed by atoms with Gasteiger partial charge in [0.1, 0.15) is 5.82 Å². The van der Waals surface area contributed by atoms with Crippen LogP contribution in [0.25, 0.3) is 28.1 Å². The molecule has 0 amide bonds. The molecule has 2 heterocycles. The molecule has 0 fully saturated rings. The summed E-state index contributed by atoms with van der Waals surface area (Å²) in [5.41, 5.74) is 3.75. The lowest BCUT2D eigenvalue weighted by atomic mass is 10.0. The molecule has 4 aromatic rings. The van der Waals surface area contributed by atoms with E-state index < -0.39 is 30.6 Å². The second-order valence-corrected chi connectivity index (χ2v) is 9.27. The van der Waals surface area contributed by atoms with Gasteiger partial charge in [0.05, 0.1) is 24.2 Å². The van der Waals surface area contributed by atoms with Crippen LogP contribution >= 0.6 is 0 Å². The molecule has 10 heteroatoms. The van der Waals surface area contributed by atoms with E-state index in [1.807, 2.05) is 24.3 Å². The molecule has 40 heavy (non-hydrogen) atoms. The van der Waals surface area contributed by atoms with Gasteiger partial charge in [0, 0.05) is 51.5 Å². The van der Waals surface area contributed by atoms with Gasteiger partial charge in [-0.15, -0.1) is 0 Å². The monoisotopic (exact) mass is 552 g/mol. The number of aliphatic hydroxyl groups excluding tert-OH is 2. The molecule has 0 radical (unpaired) electrons. The fourth-order valence-electron chi connectivity index (χ4n) is 4.30. The van der Waals surface area contributed by atoms with E-state index in [-0.39, 0.29) is 23.8 Å². The molecular weight excluding hydrogens is 522 g/mol. The Morgan fingerprint density at radius 3 is 2.35 bits per heavy atom. The number of aliphatic carboxylic acids is 1. The fourth-order valence-corrected chi connectivity index (χ4v) is 4.30. The number of halogens is 2. The number of aliphatic hydroxyl groups is 2. The number of hydrogen-bond donors (Lipinski definition) is 3. The lowest BCUT2D eigenvalue weighted by Crippen LogP contribution is -2.19. The molecule has 8 nitrogen and oxygen atoms in total. The predicted molar refractivity (Wildman–Crippen MR) is 146 cm³/mol. The van der Waals surface area contributed by atoms with Crippen LogP contribution in [0.3, 0.4) is 0 Å². The molecule has 0 aliphatic rings. The number of hydrogen-bond acceptors (Lipinski definition) is 6. The van der Waals surface area contributed by atoms with Crippen LogP contribution in [0.4, 0.5) is 8.92 Å². The largest absolute Gasteiger partial charge is 0.481 e. The number of carboxylic acid groups (broad SMARTS) is 1. The Hall–Kier alpha value is -4.41. The number of benzene rings is 2. The zero-order valence-electron chi connectivity index (χ0n) is 21.9. The lowest BCUT2D eigenvalue weighted by Gasteiger charge is -2.15. The molecule has 2 atom stereocenters. The first kappa shape index (κ1) is 30.1. The minimum Gasteiger partial charge on any atom is -0.481 e. The number of carbonyl (C=O) groups is 2. The van der Waals surface area contributed by atoms with Crippen molar-refractivity contribution >= 4 is 28.9 Å². The summed E-state index contributed by atoms with van der Waals surface area (Å²) in [6.07, 6.45) is 3.43. The van der Waals surface area contributed by atoms with Gasteiger partial charge in [0.25, 0.3) is 0 Å². The number of rotatable bonds is 9. The average Bonchev–Trinajstić information content (AvgIpc) is 3.26. The summed E-state index contributed by atoms with van der Waals surface area (Å²) < 4.78 is 26.8. The molecule has 0 aliphatic heterocycles. The molecule has 3 N–H and O–H groups in total.